The summed E-state index contributed by atoms with van der Waals surface area (Å²) in [5, 5.41) is 10.3. The fraction of sp³-hybridized carbons (Fsp3) is 0.600. The Balaban J connectivity index is 1.99. The van der Waals surface area contributed by atoms with Crippen molar-refractivity contribution in [2.75, 3.05) is 30.8 Å². The van der Waals surface area contributed by atoms with Gasteiger partial charge in [0.1, 0.15) is 5.82 Å². The first kappa shape index (κ1) is 13.2. The van der Waals surface area contributed by atoms with E-state index in [0.29, 0.717) is 25.3 Å². The number of hydrogen-bond acceptors (Lipinski definition) is 6. The quantitative estimate of drug-likeness (QED) is 0.727. The number of rotatable bonds is 4. The van der Waals surface area contributed by atoms with Gasteiger partial charge in [0.25, 0.3) is 0 Å². The molecular weight excluding hydrogens is 256 g/mol. The average molecular weight is 272 g/mol. The molecule has 1 fully saturated rings. The molecule has 0 aliphatic carbocycles. The zero-order valence-corrected chi connectivity index (χ0v) is 10.9. The molecule has 18 heavy (non-hydrogen) atoms. The van der Waals surface area contributed by atoms with Crippen molar-refractivity contribution in [2.45, 2.75) is 12.0 Å². The maximum Gasteiger partial charge on any atom is 0.208 e. The van der Waals surface area contributed by atoms with Gasteiger partial charge in [0.2, 0.25) is 10.0 Å². The number of sulfonamides is 1. The van der Waals surface area contributed by atoms with Crippen LogP contribution in [-0.2, 0) is 10.0 Å². The summed E-state index contributed by atoms with van der Waals surface area (Å²) in [5.74, 6) is 0.688. The SMILES string of the molecule is CS(=O)(=O)NCC1(O)CCN(c2cnccn2)C1. The summed E-state index contributed by atoms with van der Waals surface area (Å²) < 4.78 is 24.4. The topological polar surface area (TPSA) is 95.4 Å². The third-order valence-electron chi connectivity index (χ3n) is 2.87. The van der Waals surface area contributed by atoms with Crippen LogP contribution < -0.4 is 9.62 Å². The molecule has 2 N–H and O–H groups in total. The lowest BCUT2D eigenvalue weighted by atomic mass is 10.0. The molecule has 1 aromatic rings. The van der Waals surface area contributed by atoms with Crippen LogP contribution in [0.1, 0.15) is 6.42 Å². The number of nitrogens with zero attached hydrogens (tertiary/aromatic N) is 3. The third kappa shape index (κ3) is 3.37. The maximum atomic E-state index is 11.0. The number of aliphatic hydroxyl groups is 1. The molecule has 0 bridgehead atoms. The van der Waals surface area contributed by atoms with Crippen molar-refractivity contribution in [3.8, 4) is 0 Å². The Labute approximate surface area is 106 Å². The van der Waals surface area contributed by atoms with Crippen molar-refractivity contribution in [3.05, 3.63) is 18.6 Å². The van der Waals surface area contributed by atoms with E-state index in [-0.39, 0.29) is 6.54 Å². The Morgan fingerprint density at radius 3 is 2.94 bits per heavy atom. The van der Waals surface area contributed by atoms with Crippen molar-refractivity contribution in [3.63, 3.8) is 0 Å². The van der Waals surface area contributed by atoms with Gasteiger partial charge in [-0.2, -0.15) is 0 Å². The normalized spacial score (nSPS) is 24.4. The Bertz CT molecular complexity index is 507. The van der Waals surface area contributed by atoms with Gasteiger partial charge < -0.3 is 10.0 Å². The number of aromatic nitrogens is 2. The Morgan fingerprint density at radius 2 is 2.33 bits per heavy atom. The summed E-state index contributed by atoms with van der Waals surface area (Å²) in [5.41, 5.74) is -1.05. The van der Waals surface area contributed by atoms with Crippen LogP contribution in [0.2, 0.25) is 0 Å². The third-order valence-corrected chi connectivity index (χ3v) is 3.54. The Morgan fingerprint density at radius 1 is 1.56 bits per heavy atom. The molecule has 1 aromatic heterocycles. The van der Waals surface area contributed by atoms with Gasteiger partial charge in [-0.15, -0.1) is 0 Å². The van der Waals surface area contributed by atoms with Gasteiger partial charge in [-0.3, -0.25) is 4.98 Å². The van der Waals surface area contributed by atoms with Gasteiger partial charge in [0, 0.05) is 32.0 Å². The largest absolute Gasteiger partial charge is 0.387 e. The molecular formula is C10H16N4O3S. The minimum atomic E-state index is -3.29. The molecule has 1 unspecified atom stereocenters. The highest BCUT2D eigenvalue weighted by molar-refractivity contribution is 7.88. The molecule has 7 nitrogen and oxygen atoms in total. The number of nitrogens with one attached hydrogen (secondary N) is 1. The van der Waals surface area contributed by atoms with Crippen molar-refractivity contribution in [2.24, 2.45) is 0 Å². The fourth-order valence-electron chi connectivity index (χ4n) is 1.92. The zero-order chi connectivity index (χ0) is 13.2. The molecule has 1 atom stereocenters. The predicted octanol–water partition coefficient (Wildman–Crippen LogP) is -1.03. The molecule has 0 spiro atoms. The van der Waals surface area contributed by atoms with E-state index in [2.05, 4.69) is 14.7 Å². The van der Waals surface area contributed by atoms with Gasteiger partial charge in [-0.1, -0.05) is 0 Å². The second kappa shape index (κ2) is 4.79. The predicted molar refractivity (Wildman–Crippen MR) is 66.7 cm³/mol. The second-order valence-corrected chi connectivity index (χ2v) is 6.39. The van der Waals surface area contributed by atoms with Gasteiger partial charge >= 0.3 is 0 Å². The summed E-state index contributed by atoms with van der Waals surface area (Å²) in [4.78, 5) is 10.00. The lowest BCUT2D eigenvalue weighted by molar-refractivity contribution is 0.0686. The monoisotopic (exact) mass is 272 g/mol. The van der Waals surface area contributed by atoms with Crippen LogP contribution >= 0.6 is 0 Å². The minimum absolute atomic E-state index is 0.0165. The second-order valence-electron chi connectivity index (χ2n) is 4.55. The first-order valence-electron chi connectivity index (χ1n) is 5.56. The molecule has 2 rings (SSSR count). The standard InChI is InChI=1S/C10H16N4O3S/c1-18(16,17)13-7-10(15)2-5-14(8-10)9-6-11-3-4-12-9/h3-4,6,13,15H,2,5,7-8H2,1H3. The number of β-amino-alcohol motifs (C(OH)–C–C–N with tert-alkyl or cyclic N) is 1. The van der Waals surface area contributed by atoms with E-state index >= 15 is 0 Å². The molecule has 1 saturated heterocycles. The number of anilines is 1. The van der Waals surface area contributed by atoms with Crippen molar-refractivity contribution in [1.82, 2.24) is 14.7 Å². The molecule has 0 radical (unpaired) electrons. The highest BCUT2D eigenvalue weighted by Crippen LogP contribution is 2.24. The summed E-state index contributed by atoms with van der Waals surface area (Å²) in [6.45, 7) is 0.984. The van der Waals surface area contributed by atoms with Gasteiger partial charge in [-0.25, -0.2) is 18.1 Å². The van der Waals surface area contributed by atoms with E-state index in [1.165, 1.54) is 0 Å². The van der Waals surface area contributed by atoms with Crippen molar-refractivity contribution >= 4 is 15.8 Å². The van der Waals surface area contributed by atoms with Gasteiger partial charge in [-0.05, 0) is 6.42 Å². The Hall–Kier alpha value is -1.25. The molecule has 1 aliphatic heterocycles. The highest BCUT2D eigenvalue weighted by Gasteiger charge is 2.37. The number of hydrogen-bond donors (Lipinski definition) is 2. The van der Waals surface area contributed by atoms with Gasteiger partial charge in [0.15, 0.2) is 0 Å². The van der Waals surface area contributed by atoms with E-state index in [9.17, 15) is 13.5 Å². The lowest BCUT2D eigenvalue weighted by Crippen LogP contribution is -2.44. The van der Waals surface area contributed by atoms with Crippen LogP contribution in [0.15, 0.2) is 18.6 Å². The van der Waals surface area contributed by atoms with Crippen LogP contribution in [0.3, 0.4) is 0 Å². The Kier molecular flexibility index (Phi) is 3.51. The molecule has 0 aromatic carbocycles. The van der Waals surface area contributed by atoms with E-state index in [0.717, 1.165) is 6.26 Å². The highest BCUT2D eigenvalue weighted by atomic mass is 32.2. The molecule has 2 heterocycles. The minimum Gasteiger partial charge on any atom is -0.387 e. The van der Waals surface area contributed by atoms with Crippen LogP contribution in [0.25, 0.3) is 0 Å². The first-order chi connectivity index (χ1) is 8.38. The van der Waals surface area contributed by atoms with E-state index in [1.807, 2.05) is 4.90 Å². The molecule has 100 valence electrons. The lowest BCUT2D eigenvalue weighted by Gasteiger charge is -2.23. The van der Waals surface area contributed by atoms with Crippen LogP contribution in [0.4, 0.5) is 5.82 Å². The molecule has 0 saturated carbocycles. The summed E-state index contributed by atoms with van der Waals surface area (Å²) in [6, 6.07) is 0. The maximum absolute atomic E-state index is 11.0. The first-order valence-corrected chi connectivity index (χ1v) is 7.45. The zero-order valence-electron chi connectivity index (χ0n) is 10.1. The van der Waals surface area contributed by atoms with E-state index in [4.69, 9.17) is 0 Å². The average Bonchev–Trinajstić information content (AvgIpc) is 2.71. The fourth-order valence-corrected chi connectivity index (χ4v) is 2.45. The summed E-state index contributed by atoms with van der Waals surface area (Å²) in [7, 11) is -3.29. The van der Waals surface area contributed by atoms with E-state index in [1.54, 1.807) is 18.6 Å². The molecule has 8 heteroatoms. The van der Waals surface area contributed by atoms with Gasteiger partial charge in [0.05, 0.1) is 18.1 Å². The van der Waals surface area contributed by atoms with Crippen molar-refractivity contribution in [1.29, 1.82) is 0 Å². The van der Waals surface area contributed by atoms with Crippen LogP contribution in [0, 0.1) is 0 Å². The van der Waals surface area contributed by atoms with Crippen LogP contribution in [-0.4, -0.2) is 55.0 Å². The van der Waals surface area contributed by atoms with Crippen molar-refractivity contribution < 1.29 is 13.5 Å². The summed E-state index contributed by atoms with van der Waals surface area (Å²) >= 11 is 0. The van der Waals surface area contributed by atoms with Crippen LogP contribution in [0.5, 0.6) is 0 Å². The smallest absolute Gasteiger partial charge is 0.208 e. The summed E-state index contributed by atoms with van der Waals surface area (Å²) in [6.07, 6.45) is 6.35. The molecule has 0 amide bonds. The van der Waals surface area contributed by atoms with E-state index < -0.39 is 15.6 Å². The molecule has 1 aliphatic rings.